The van der Waals surface area contributed by atoms with Gasteiger partial charge >= 0.3 is 0 Å². The molecule has 0 aliphatic carbocycles. The van der Waals surface area contributed by atoms with Crippen molar-refractivity contribution in [2.75, 3.05) is 6.54 Å². The number of phenolic OH excluding ortho intramolecular Hbond substituents is 1. The molecule has 2 rings (SSSR count). The van der Waals surface area contributed by atoms with Crippen molar-refractivity contribution in [2.45, 2.75) is 0 Å². The second-order valence-electron chi connectivity index (χ2n) is 4.09. The zero-order valence-electron chi connectivity index (χ0n) is 10.8. The fraction of sp³-hybridized carbons (Fsp3) is 0.0667. The van der Waals surface area contributed by atoms with Gasteiger partial charge in [-0.15, -0.1) is 6.58 Å². The molecule has 0 atom stereocenters. The fourth-order valence-corrected chi connectivity index (χ4v) is 1.92. The second kappa shape index (κ2) is 6.68. The molecule has 0 bridgehead atoms. The Morgan fingerprint density at radius 2 is 2.10 bits per heavy atom. The lowest BCUT2D eigenvalue weighted by molar-refractivity contribution is 0.475. The number of benzene rings is 2. The first-order valence-corrected chi connectivity index (χ1v) is 6.51. The molecule has 3 N–H and O–H groups in total. The maximum atomic E-state index is 9.93. The normalized spacial score (nSPS) is 10.6. The van der Waals surface area contributed by atoms with Crippen LogP contribution in [0.4, 0.5) is 0 Å². The molecule has 4 nitrogen and oxygen atoms in total. The maximum Gasteiger partial charge on any atom is 0.187 e. The van der Waals surface area contributed by atoms with Crippen LogP contribution in [-0.4, -0.2) is 23.0 Å². The Balaban J connectivity index is 2.18. The molecule has 0 spiro atoms. The number of phenols is 1. The first kappa shape index (κ1) is 14.0. The zero-order chi connectivity index (χ0) is 14.4. The molecule has 0 aliphatic heterocycles. The molecule has 5 heteroatoms. The van der Waals surface area contributed by atoms with Gasteiger partial charge in [-0.2, -0.15) is 5.10 Å². The lowest BCUT2D eigenvalue weighted by Crippen LogP contribution is -2.31. The van der Waals surface area contributed by atoms with Crippen molar-refractivity contribution >= 4 is 34.3 Å². The van der Waals surface area contributed by atoms with Crippen LogP contribution in [0.3, 0.4) is 0 Å². The van der Waals surface area contributed by atoms with Gasteiger partial charge in [0, 0.05) is 12.1 Å². The molecule has 0 unspecified atom stereocenters. The number of fused-ring (bicyclic) bond motifs is 1. The molecule has 0 aliphatic rings. The number of nitrogens with one attached hydrogen (secondary N) is 2. The van der Waals surface area contributed by atoms with Crippen LogP contribution in [0.5, 0.6) is 5.75 Å². The maximum absolute atomic E-state index is 9.93. The van der Waals surface area contributed by atoms with Crippen LogP contribution in [0.2, 0.25) is 0 Å². The summed E-state index contributed by atoms with van der Waals surface area (Å²) in [5, 5.41) is 19.2. The predicted octanol–water partition coefficient (Wildman–Crippen LogP) is 2.53. The minimum Gasteiger partial charge on any atom is -0.507 e. The molecule has 20 heavy (non-hydrogen) atoms. The average molecular weight is 285 g/mol. The summed E-state index contributed by atoms with van der Waals surface area (Å²) in [7, 11) is 0. The summed E-state index contributed by atoms with van der Waals surface area (Å²) in [5.41, 5.74) is 3.34. The lowest BCUT2D eigenvalue weighted by atomic mass is 10.0. The number of rotatable bonds is 4. The zero-order valence-corrected chi connectivity index (χ0v) is 11.7. The highest BCUT2D eigenvalue weighted by Crippen LogP contribution is 2.25. The van der Waals surface area contributed by atoms with Gasteiger partial charge in [-0.25, -0.2) is 0 Å². The van der Waals surface area contributed by atoms with E-state index in [1.54, 1.807) is 18.4 Å². The van der Waals surface area contributed by atoms with Crippen molar-refractivity contribution < 1.29 is 5.11 Å². The van der Waals surface area contributed by atoms with E-state index < -0.39 is 0 Å². The number of aromatic hydroxyl groups is 1. The van der Waals surface area contributed by atoms with Gasteiger partial charge < -0.3 is 10.4 Å². The van der Waals surface area contributed by atoms with Crippen molar-refractivity contribution in [1.82, 2.24) is 10.7 Å². The van der Waals surface area contributed by atoms with E-state index in [0.29, 0.717) is 17.2 Å². The minimum atomic E-state index is 0.180. The average Bonchev–Trinajstić information content (AvgIpc) is 2.47. The van der Waals surface area contributed by atoms with Gasteiger partial charge in [0.05, 0.1) is 6.21 Å². The monoisotopic (exact) mass is 285 g/mol. The largest absolute Gasteiger partial charge is 0.507 e. The Morgan fingerprint density at radius 3 is 2.90 bits per heavy atom. The van der Waals surface area contributed by atoms with Crippen molar-refractivity contribution in [1.29, 1.82) is 0 Å². The van der Waals surface area contributed by atoms with Gasteiger partial charge in [-0.3, -0.25) is 5.43 Å². The molecule has 2 aromatic rings. The van der Waals surface area contributed by atoms with Crippen molar-refractivity contribution in [2.24, 2.45) is 5.10 Å². The summed E-state index contributed by atoms with van der Waals surface area (Å²) in [6.07, 6.45) is 3.26. The van der Waals surface area contributed by atoms with E-state index in [9.17, 15) is 5.11 Å². The number of hydrogen-bond acceptors (Lipinski definition) is 3. The highest BCUT2D eigenvalue weighted by atomic mass is 32.1. The summed E-state index contributed by atoms with van der Waals surface area (Å²) in [6.45, 7) is 4.16. The number of hydrogen-bond donors (Lipinski definition) is 3. The van der Waals surface area contributed by atoms with Gasteiger partial charge in [0.2, 0.25) is 0 Å². The highest BCUT2D eigenvalue weighted by molar-refractivity contribution is 7.80. The Kier molecular flexibility index (Phi) is 4.68. The predicted molar refractivity (Wildman–Crippen MR) is 87.1 cm³/mol. The van der Waals surface area contributed by atoms with Crippen LogP contribution in [0.15, 0.2) is 54.2 Å². The quantitative estimate of drug-likeness (QED) is 0.350. The van der Waals surface area contributed by atoms with E-state index in [0.717, 1.165) is 10.8 Å². The van der Waals surface area contributed by atoms with Crippen LogP contribution >= 0.6 is 12.2 Å². The van der Waals surface area contributed by atoms with Gasteiger partial charge in [-0.1, -0.05) is 36.4 Å². The third kappa shape index (κ3) is 3.33. The number of nitrogens with zero attached hydrogens (tertiary/aromatic N) is 1. The second-order valence-corrected chi connectivity index (χ2v) is 4.50. The topological polar surface area (TPSA) is 56.7 Å². The van der Waals surface area contributed by atoms with Crippen LogP contribution in [0.25, 0.3) is 10.8 Å². The highest BCUT2D eigenvalue weighted by Gasteiger charge is 2.03. The first-order valence-electron chi connectivity index (χ1n) is 6.11. The van der Waals surface area contributed by atoms with E-state index in [1.807, 2.05) is 30.3 Å². The van der Waals surface area contributed by atoms with Crippen LogP contribution in [-0.2, 0) is 0 Å². The van der Waals surface area contributed by atoms with Gasteiger partial charge in [0.15, 0.2) is 5.11 Å². The first-order chi connectivity index (χ1) is 9.72. The third-order valence-corrected chi connectivity index (χ3v) is 2.95. The van der Waals surface area contributed by atoms with Crippen molar-refractivity contribution in [3.63, 3.8) is 0 Å². The standard InChI is InChI=1S/C15H15N3OS/c1-2-9-16-15(20)18-17-10-13-12-6-4-3-5-11(12)7-8-14(13)19/h2-8,10,19H,1,9H2,(H2,16,18,20)/b17-10+. The molecule has 0 fully saturated rings. The Hall–Kier alpha value is -2.40. The molecule has 2 aromatic carbocycles. The molecular weight excluding hydrogens is 270 g/mol. The Morgan fingerprint density at radius 1 is 1.30 bits per heavy atom. The summed E-state index contributed by atoms with van der Waals surface area (Å²) in [6, 6.07) is 11.3. The summed E-state index contributed by atoms with van der Waals surface area (Å²) >= 11 is 5.02. The van der Waals surface area contributed by atoms with Crippen LogP contribution in [0.1, 0.15) is 5.56 Å². The number of hydrazone groups is 1. The van der Waals surface area contributed by atoms with E-state index in [1.165, 1.54) is 0 Å². The summed E-state index contributed by atoms with van der Waals surface area (Å²) < 4.78 is 0. The van der Waals surface area contributed by atoms with E-state index >= 15 is 0 Å². The van der Waals surface area contributed by atoms with E-state index in [4.69, 9.17) is 12.2 Å². The lowest BCUT2D eigenvalue weighted by Gasteiger charge is -2.06. The molecule has 0 amide bonds. The molecule has 0 aromatic heterocycles. The summed E-state index contributed by atoms with van der Waals surface area (Å²) in [4.78, 5) is 0. The Bertz CT molecular complexity index is 667. The van der Waals surface area contributed by atoms with E-state index in [2.05, 4.69) is 22.4 Å². The van der Waals surface area contributed by atoms with E-state index in [-0.39, 0.29) is 5.75 Å². The molecule has 0 radical (unpaired) electrons. The molecule has 0 heterocycles. The molecule has 0 saturated heterocycles. The third-order valence-electron chi connectivity index (χ3n) is 2.71. The van der Waals surface area contributed by atoms with Crippen molar-refractivity contribution in [3.8, 4) is 5.75 Å². The van der Waals surface area contributed by atoms with Gasteiger partial charge in [0.1, 0.15) is 5.75 Å². The SMILES string of the molecule is C=CCNC(=S)N/N=C/c1c(O)ccc2ccccc12. The Labute approximate surface area is 122 Å². The molecule has 102 valence electrons. The summed E-state index contributed by atoms with van der Waals surface area (Å²) in [5.74, 6) is 0.180. The van der Waals surface area contributed by atoms with Gasteiger partial charge in [-0.05, 0) is 29.1 Å². The minimum absolute atomic E-state index is 0.180. The molecule has 0 saturated carbocycles. The van der Waals surface area contributed by atoms with Crippen molar-refractivity contribution in [3.05, 3.63) is 54.6 Å². The van der Waals surface area contributed by atoms with Crippen LogP contribution in [0, 0.1) is 0 Å². The number of thiocarbonyl (C=S) groups is 1. The van der Waals surface area contributed by atoms with Gasteiger partial charge in [0.25, 0.3) is 0 Å². The fourth-order valence-electron chi connectivity index (χ4n) is 1.78. The smallest absolute Gasteiger partial charge is 0.187 e. The molecular formula is C15H15N3OS. The van der Waals surface area contributed by atoms with Crippen LogP contribution < -0.4 is 10.7 Å².